The Morgan fingerprint density at radius 2 is 2.00 bits per heavy atom. The zero-order valence-corrected chi connectivity index (χ0v) is 16.0. The van der Waals surface area contributed by atoms with Crippen LogP contribution >= 0.6 is 11.3 Å². The quantitative estimate of drug-likeness (QED) is 0.692. The highest BCUT2D eigenvalue weighted by Gasteiger charge is 2.19. The molecule has 7 heteroatoms. The van der Waals surface area contributed by atoms with Gasteiger partial charge in [0.05, 0.1) is 10.9 Å². The third-order valence-corrected chi connectivity index (χ3v) is 5.08. The fourth-order valence-corrected chi connectivity index (χ4v) is 3.41. The average molecular weight is 369 g/mol. The van der Waals surface area contributed by atoms with Crippen LogP contribution in [0.2, 0.25) is 0 Å². The highest BCUT2D eigenvalue weighted by atomic mass is 32.1. The van der Waals surface area contributed by atoms with E-state index in [1.54, 1.807) is 11.3 Å². The third-order valence-electron chi connectivity index (χ3n) is 4.21. The van der Waals surface area contributed by atoms with E-state index in [0.29, 0.717) is 5.82 Å². The van der Waals surface area contributed by atoms with Crippen molar-refractivity contribution in [2.75, 3.05) is 0 Å². The highest BCUT2D eigenvalue weighted by Crippen LogP contribution is 2.22. The van der Waals surface area contributed by atoms with Gasteiger partial charge in [-0.25, -0.2) is 0 Å². The number of rotatable bonds is 7. The SMILES string of the molecule is CCc1ccc([C@H](NC(=O)Cn2nnc(-c3cccs3)n2)C(C)C)cc1. The number of benzene rings is 1. The largest absolute Gasteiger partial charge is 0.347 e. The van der Waals surface area contributed by atoms with Gasteiger partial charge in [0.15, 0.2) is 0 Å². The van der Waals surface area contributed by atoms with E-state index >= 15 is 0 Å². The summed E-state index contributed by atoms with van der Waals surface area (Å²) in [7, 11) is 0. The molecule has 0 aliphatic carbocycles. The molecular weight excluding hydrogens is 346 g/mol. The van der Waals surface area contributed by atoms with E-state index in [0.717, 1.165) is 16.9 Å². The van der Waals surface area contributed by atoms with E-state index < -0.39 is 0 Å². The summed E-state index contributed by atoms with van der Waals surface area (Å²) in [5, 5.41) is 17.3. The van der Waals surface area contributed by atoms with Crippen LogP contribution in [0, 0.1) is 5.92 Å². The molecule has 1 amide bonds. The van der Waals surface area contributed by atoms with Gasteiger partial charge in [0.2, 0.25) is 11.7 Å². The molecular formula is C19H23N5OS. The first-order chi connectivity index (χ1) is 12.6. The predicted molar refractivity (Wildman–Crippen MR) is 103 cm³/mol. The summed E-state index contributed by atoms with van der Waals surface area (Å²) < 4.78 is 0. The molecule has 1 aromatic carbocycles. The Labute approximate surface area is 157 Å². The van der Waals surface area contributed by atoms with Crippen LogP contribution in [0.25, 0.3) is 10.7 Å². The summed E-state index contributed by atoms with van der Waals surface area (Å²) in [6.45, 7) is 6.38. The van der Waals surface area contributed by atoms with Crippen LogP contribution in [0.5, 0.6) is 0 Å². The second-order valence-electron chi connectivity index (χ2n) is 6.51. The fraction of sp³-hybridized carbons (Fsp3) is 0.368. The first-order valence-electron chi connectivity index (χ1n) is 8.76. The molecule has 0 saturated carbocycles. The topological polar surface area (TPSA) is 72.7 Å². The van der Waals surface area contributed by atoms with Crippen molar-refractivity contribution < 1.29 is 4.79 Å². The van der Waals surface area contributed by atoms with Crippen LogP contribution in [0.15, 0.2) is 41.8 Å². The Morgan fingerprint density at radius 1 is 1.23 bits per heavy atom. The second kappa shape index (κ2) is 8.23. The van der Waals surface area contributed by atoms with Crippen molar-refractivity contribution in [2.45, 2.75) is 39.8 Å². The summed E-state index contributed by atoms with van der Waals surface area (Å²) in [6, 6.07) is 12.2. The molecule has 0 unspecified atom stereocenters. The van der Waals surface area contributed by atoms with Gasteiger partial charge in [-0.1, -0.05) is 51.1 Å². The van der Waals surface area contributed by atoms with Crippen molar-refractivity contribution in [2.24, 2.45) is 5.92 Å². The lowest BCUT2D eigenvalue weighted by Gasteiger charge is -2.23. The third kappa shape index (κ3) is 4.35. The number of aryl methyl sites for hydroxylation is 1. The molecule has 26 heavy (non-hydrogen) atoms. The molecule has 0 spiro atoms. The number of carbonyl (C=O) groups is 1. The van der Waals surface area contributed by atoms with E-state index in [4.69, 9.17) is 0 Å². The lowest BCUT2D eigenvalue weighted by Crippen LogP contribution is -2.34. The Morgan fingerprint density at radius 3 is 2.62 bits per heavy atom. The minimum absolute atomic E-state index is 0.0475. The molecule has 0 bridgehead atoms. The van der Waals surface area contributed by atoms with Crippen molar-refractivity contribution in [3.63, 3.8) is 0 Å². The van der Waals surface area contributed by atoms with Gasteiger partial charge in [-0.15, -0.1) is 21.5 Å². The lowest BCUT2D eigenvalue weighted by molar-refractivity contribution is -0.123. The molecule has 136 valence electrons. The number of hydrogen-bond acceptors (Lipinski definition) is 5. The minimum Gasteiger partial charge on any atom is -0.347 e. The maximum atomic E-state index is 12.5. The van der Waals surface area contributed by atoms with Gasteiger partial charge in [-0.2, -0.15) is 4.80 Å². The zero-order chi connectivity index (χ0) is 18.5. The first kappa shape index (κ1) is 18.3. The van der Waals surface area contributed by atoms with E-state index in [1.807, 2.05) is 17.5 Å². The standard InChI is InChI=1S/C19H23N5OS/c1-4-14-7-9-15(10-8-14)18(13(2)3)20-17(25)12-24-22-19(21-23-24)16-6-5-11-26-16/h5-11,13,18H,4,12H2,1-3H3,(H,20,25)/t18-/m1/s1. The first-order valence-corrected chi connectivity index (χ1v) is 9.64. The number of nitrogens with one attached hydrogen (secondary N) is 1. The molecule has 0 fully saturated rings. The van der Waals surface area contributed by atoms with Gasteiger partial charge in [0, 0.05) is 0 Å². The van der Waals surface area contributed by atoms with Crippen molar-refractivity contribution in [3.05, 3.63) is 52.9 Å². The van der Waals surface area contributed by atoms with Crippen molar-refractivity contribution in [1.82, 2.24) is 25.5 Å². The summed E-state index contributed by atoms with van der Waals surface area (Å²) in [5.74, 6) is 0.693. The Balaban J connectivity index is 1.66. The molecule has 2 aromatic heterocycles. The number of aromatic nitrogens is 4. The van der Waals surface area contributed by atoms with Crippen molar-refractivity contribution in [1.29, 1.82) is 0 Å². The van der Waals surface area contributed by atoms with E-state index in [9.17, 15) is 4.79 Å². The van der Waals surface area contributed by atoms with E-state index in [1.165, 1.54) is 10.4 Å². The number of tetrazole rings is 1. The molecule has 1 atom stereocenters. The minimum atomic E-state index is -0.126. The number of thiophene rings is 1. The molecule has 1 N–H and O–H groups in total. The molecule has 0 radical (unpaired) electrons. The molecule has 0 saturated heterocycles. The second-order valence-corrected chi connectivity index (χ2v) is 7.45. The smallest absolute Gasteiger partial charge is 0.244 e. The molecule has 3 rings (SSSR count). The van der Waals surface area contributed by atoms with Gasteiger partial charge >= 0.3 is 0 Å². The normalized spacial score (nSPS) is 12.3. The van der Waals surface area contributed by atoms with Crippen LogP contribution in [0.3, 0.4) is 0 Å². The Bertz CT molecular complexity index is 839. The highest BCUT2D eigenvalue weighted by molar-refractivity contribution is 7.13. The summed E-state index contributed by atoms with van der Waals surface area (Å²) in [5.41, 5.74) is 2.40. The van der Waals surface area contributed by atoms with E-state index in [-0.39, 0.29) is 24.4 Å². The van der Waals surface area contributed by atoms with Crippen LogP contribution in [0.4, 0.5) is 0 Å². The van der Waals surface area contributed by atoms with Crippen molar-refractivity contribution in [3.8, 4) is 10.7 Å². The van der Waals surface area contributed by atoms with Gasteiger partial charge in [0.25, 0.3) is 0 Å². The zero-order valence-electron chi connectivity index (χ0n) is 15.2. The predicted octanol–water partition coefficient (Wildman–Crippen LogP) is 3.48. The maximum absolute atomic E-state index is 12.5. The van der Waals surface area contributed by atoms with E-state index in [2.05, 4.69) is 65.8 Å². The number of amides is 1. The van der Waals surface area contributed by atoms with Crippen LogP contribution in [-0.2, 0) is 17.8 Å². The number of hydrogen-bond donors (Lipinski definition) is 1. The molecule has 0 aliphatic heterocycles. The number of carbonyl (C=O) groups excluding carboxylic acids is 1. The van der Waals surface area contributed by atoms with Gasteiger partial charge in [-0.05, 0) is 40.1 Å². The van der Waals surface area contributed by atoms with Crippen LogP contribution in [0.1, 0.15) is 37.9 Å². The van der Waals surface area contributed by atoms with Gasteiger partial charge in [0.1, 0.15) is 6.54 Å². The summed E-state index contributed by atoms with van der Waals surface area (Å²) in [6.07, 6.45) is 1.00. The van der Waals surface area contributed by atoms with Crippen LogP contribution in [-0.4, -0.2) is 26.1 Å². The summed E-state index contributed by atoms with van der Waals surface area (Å²) >= 11 is 1.54. The average Bonchev–Trinajstić information content (AvgIpc) is 3.31. The monoisotopic (exact) mass is 369 g/mol. The molecule has 6 nitrogen and oxygen atoms in total. The number of nitrogens with zero attached hydrogens (tertiary/aromatic N) is 4. The molecule has 2 heterocycles. The van der Waals surface area contributed by atoms with Gasteiger partial charge < -0.3 is 5.32 Å². The lowest BCUT2D eigenvalue weighted by atomic mass is 9.95. The summed E-state index contributed by atoms with van der Waals surface area (Å²) in [4.78, 5) is 14.8. The van der Waals surface area contributed by atoms with Crippen LogP contribution < -0.4 is 5.32 Å². The van der Waals surface area contributed by atoms with Gasteiger partial charge in [-0.3, -0.25) is 4.79 Å². The molecule has 3 aromatic rings. The fourth-order valence-electron chi connectivity index (χ4n) is 2.76. The molecule has 0 aliphatic rings. The van der Waals surface area contributed by atoms with Crippen molar-refractivity contribution >= 4 is 17.2 Å². The maximum Gasteiger partial charge on any atom is 0.244 e. The Hall–Kier alpha value is -2.54. The Kier molecular flexibility index (Phi) is 5.78.